The van der Waals surface area contributed by atoms with Crippen LogP contribution in [0.15, 0.2) is 66.7 Å². The summed E-state index contributed by atoms with van der Waals surface area (Å²) in [5.41, 5.74) is 1.02. The van der Waals surface area contributed by atoms with Crippen LogP contribution in [0, 0.1) is 6.92 Å². The molecule has 1 amide bonds. The van der Waals surface area contributed by atoms with E-state index in [0.29, 0.717) is 19.6 Å². The van der Waals surface area contributed by atoms with E-state index < -0.39 is 6.10 Å². The average Bonchev–Trinajstić information content (AvgIpc) is 2.70. The molecule has 3 aromatic rings. The van der Waals surface area contributed by atoms with E-state index in [2.05, 4.69) is 17.4 Å². The maximum absolute atomic E-state index is 12.4. The topological polar surface area (TPSA) is 47.6 Å². The summed E-state index contributed by atoms with van der Waals surface area (Å²) in [4.78, 5) is 12.4. The first-order valence-corrected chi connectivity index (χ1v) is 9.29. The van der Waals surface area contributed by atoms with Crippen molar-refractivity contribution in [2.75, 3.05) is 13.2 Å². The fourth-order valence-corrected chi connectivity index (χ4v) is 2.93. The molecule has 3 aromatic carbocycles. The molecule has 0 bridgehead atoms. The molecule has 0 aliphatic rings. The van der Waals surface area contributed by atoms with Crippen molar-refractivity contribution in [3.8, 4) is 11.5 Å². The number of fused-ring (bicyclic) bond motifs is 1. The second-order valence-corrected chi connectivity index (χ2v) is 6.40. The standard InChI is InChI=1S/C23H25NO3/c1-3-20(27-21-13-7-4-9-17(21)2)23(25)24-15-16-26-22-14-8-11-18-10-5-6-12-19(18)22/h4-14,20H,3,15-16H2,1-2H3,(H,24,25)/t20-/m0/s1. The smallest absolute Gasteiger partial charge is 0.261 e. The number of ether oxygens (including phenoxy) is 2. The summed E-state index contributed by atoms with van der Waals surface area (Å²) < 4.78 is 11.7. The largest absolute Gasteiger partial charge is 0.491 e. The Balaban J connectivity index is 1.51. The summed E-state index contributed by atoms with van der Waals surface area (Å²) in [6.45, 7) is 4.74. The second-order valence-electron chi connectivity index (χ2n) is 6.40. The van der Waals surface area contributed by atoms with Gasteiger partial charge in [0.25, 0.3) is 5.91 Å². The fourth-order valence-electron chi connectivity index (χ4n) is 2.93. The molecule has 0 fully saturated rings. The minimum absolute atomic E-state index is 0.123. The van der Waals surface area contributed by atoms with Crippen molar-refractivity contribution in [2.24, 2.45) is 0 Å². The molecule has 4 heteroatoms. The lowest BCUT2D eigenvalue weighted by Crippen LogP contribution is -2.39. The number of amides is 1. The quantitative estimate of drug-likeness (QED) is 0.600. The van der Waals surface area contributed by atoms with Gasteiger partial charge in [0.05, 0.1) is 6.54 Å². The molecular formula is C23H25NO3. The Kier molecular flexibility index (Phi) is 6.31. The van der Waals surface area contributed by atoms with Gasteiger partial charge in [-0.05, 0) is 36.4 Å². The van der Waals surface area contributed by atoms with Crippen LogP contribution in [-0.2, 0) is 4.79 Å². The van der Waals surface area contributed by atoms with Crippen molar-refractivity contribution in [2.45, 2.75) is 26.4 Å². The van der Waals surface area contributed by atoms with Gasteiger partial charge in [-0.1, -0.05) is 61.5 Å². The van der Waals surface area contributed by atoms with Gasteiger partial charge in [-0.2, -0.15) is 0 Å². The highest BCUT2D eigenvalue weighted by atomic mass is 16.5. The van der Waals surface area contributed by atoms with Crippen LogP contribution in [0.1, 0.15) is 18.9 Å². The normalized spacial score (nSPS) is 11.8. The van der Waals surface area contributed by atoms with Crippen LogP contribution in [0.2, 0.25) is 0 Å². The number of hydrogen-bond donors (Lipinski definition) is 1. The van der Waals surface area contributed by atoms with E-state index in [1.54, 1.807) is 0 Å². The van der Waals surface area contributed by atoms with Crippen LogP contribution in [0.5, 0.6) is 11.5 Å². The average molecular weight is 363 g/mol. The number of para-hydroxylation sites is 1. The van der Waals surface area contributed by atoms with E-state index in [-0.39, 0.29) is 5.91 Å². The highest BCUT2D eigenvalue weighted by Gasteiger charge is 2.18. The first-order chi connectivity index (χ1) is 13.2. The first-order valence-electron chi connectivity index (χ1n) is 9.29. The Morgan fingerprint density at radius 3 is 2.48 bits per heavy atom. The van der Waals surface area contributed by atoms with E-state index in [0.717, 1.165) is 27.8 Å². The Hall–Kier alpha value is -3.01. The van der Waals surface area contributed by atoms with Gasteiger partial charge in [-0.3, -0.25) is 4.79 Å². The Bertz CT molecular complexity index is 902. The van der Waals surface area contributed by atoms with Crippen molar-refractivity contribution in [1.29, 1.82) is 0 Å². The highest BCUT2D eigenvalue weighted by molar-refractivity contribution is 5.88. The number of benzene rings is 3. The predicted molar refractivity (Wildman–Crippen MR) is 108 cm³/mol. The molecular weight excluding hydrogens is 338 g/mol. The summed E-state index contributed by atoms with van der Waals surface area (Å²) in [6, 6.07) is 21.8. The molecule has 0 aromatic heterocycles. The van der Waals surface area contributed by atoms with Crippen LogP contribution < -0.4 is 14.8 Å². The molecule has 1 atom stereocenters. The number of carbonyl (C=O) groups excluding carboxylic acids is 1. The number of nitrogens with one attached hydrogen (secondary N) is 1. The van der Waals surface area contributed by atoms with Crippen molar-refractivity contribution < 1.29 is 14.3 Å². The number of hydrogen-bond acceptors (Lipinski definition) is 3. The number of aryl methyl sites for hydroxylation is 1. The van der Waals surface area contributed by atoms with Crippen LogP contribution >= 0.6 is 0 Å². The van der Waals surface area contributed by atoms with Crippen LogP contribution in [0.4, 0.5) is 0 Å². The molecule has 3 rings (SSSR count). The third-order valence-electron chi connectivity index (χ3n) is 4.43. The zero-order chi connectivity index (χ0) is 19.1. The van der Waals surface area contributed by atoms with Gasteiger partial charge in [0.15, 0.2) is 6.10 Å². The lowest BCUT2D eigenvalue weighted by molar-refractivity contribution is -0.128. The molecule has 0 unspecified atom stereocenters. The molecule has 4 nitrogen and oxygen atoms in total. The molecule has 0 heterocycles. The van der Waals surface area contributed by atoms with Gasteiger partial charge in [0, 0.05) is 5.39 Å². The Morgan fingerprint density at radius 1 is 0.963 bits per heavy atom. The second kappa shape index (κ2) is 9.08. The van der Waals surface area contributed by atoms with Gasteiger partial charge < -0.3 is 14.8 Å². The SMILES string of the molecule is CC[C@H](Oc1ccccc1C)C(=O)NCCOc1cccc2ccccc12. The molecule has 0 radical (unpaired) electrons. The minimum atomic E-state index is -0.511. The third kappa shape index (κ3) is 4.79. The molecule has 1 N–H and O–H groups in total. The van der Waals surface area contributed by atoms with Gasteiger partial charge in [-0.15, -0.1) is 0 Å². The lowest BCUT2D eigenvalue weighted by atomic mass is 10.1. The van der Waals surface area contributed by atoms with Crippen LogP contribution in [0.25, 0.3) is 10.8 Å². The maximum atomic E-state index is 12.4. The van der Waals surface area contributed by atoms with E-state index in [1.807, 2.05) is 68.4 Å². The van der Waals surface area contributed by atoms with Crippen molar-refractivity contribution in [1.82, 2.24) is 5.32 Å². The molecule has 0 aliphatic heterocycles. The summed E-state index contributed by atoms with van der Waals surface area (Å²) in [7, 11) is 0. The zero-order valence-electron chi connectivity index (χ0n) is 15.8. The number of rotatable bonds is 8. The monoisotopic (exact) mass is 363 g/mol. The van der Waals surface area contributed by atoms with Gasteiger partial charge in [0.1, 0.15) is 18.1 Å². The molecule has 140 valence electrons. The first kappa shape index (κ1) is 18.8. The van der Waals surface area contributed by atoms with E-state index in [4.69, 9.17) is 9.47 Å². The summed E-state index contributed by atoms with van der Waals surface area (Å²) in [5, 5.41) is 5.11. The van der Waals surface area contributed by atoms with Crippen LogP contribution in [-0.4, -0.2) is 25.2 Å². The molecule has 27 heavy (non-hydrogen) atoms. The van der Waals surface area contributed by atoms with E-state index in [1.165, 1.54) is 0 Å². The summed E-state index contributed by atoms with van der Waals surface area (Å²) in [6.07, 6.45) is 0.0910. The predicted octanol–water partition coefficient (Wildman–Crippen LogP) is 4.50. The maximum Gasteiger partial charge on any atom is 0.261 e. The lowest BCUT2D eigenvalue weighted by Gasteiger charge is -2.18. The molecule has 0 saturated heterocycles. The summed E-state index contributed by atoms with van der Waals surface area (Å²) in [5.74, 6) is 1.44. The van der Waals surface area contributed by atoms with Crippen molar-refractivity contribution >= 4 is 16.7 Å². The van der Waals surface area contributed by atoms with Crippen molar-refractivity contribution in [3.05, 3.63) is 72.3 Å². The van der Waals surface area contributed by atoms with E-state index >= 15 is 0 Å². The zero-order valence-corrected chi connectivity index (χ0v) is 15.8. The Morgan fingerprint density at radius 2 is 1.67 bits per heavy atom. The van der Waals surface area contributed by atoms with Crippen molar-refractivity contribution in [3.63, 3.8) is 0 Å². The van der Waals surface area contributed by atoms with Gasteiger partial charge >= 0.3 is 0 Å². The highest BCUT2D eigenvalue weighted by Crippen LogP contribution is 2.25. The van der Waals surface area contributed by atoms with Gasteiger partial charge in [0.2, 0.25) is 0 Å². The molecule has 0 saturated carbocycles. The third-order valence-corrected chi connectivity index (χ3v) is 4.43. The molecule has 0 spiro atoms. The Labute approximate surface area is 160 Å². The van der Waals surface area contributed by atoms with E-state index in [9.17, 15) is 4.79 Å². The summed E-state index contributed by atoms with van der Waals surface area (Å²) >= 11 is 0. The fraction of sp³-hybridized carbons (Fsp3) is 0.261. The number of carbonyl (C=O) groups is 1. The van der Waals surface area contributed by atoms with Gasteiger partial charge in [-0.25, -0.2) is 0 Å². The molecule has 0 aliphatic carbocycles. The minimum Gasteiger partial charge on any atom is -0.491 e. The van der Waals surface area contributed by atoms with Crippen LogP contribution in [0.3, 0.4) is 0 Å².